The van der Waals surface area contributed by atoms with Crippen LogP contribution in [0.25, 0.3) is 83.2 Å². The summed E-state index contributed by atoms with van der Waals surface area (Å²) in [4.78, 5) is 18.5. The van der Waals surface area contributed by atoms with Gasteiger partial charge < -0.3 is 9.11 Å². The van der Waals surface area contributed by atoms with Crippen molar-refractivity contribution in [1.29, 1.82) is 0 Å². The van der Waals surface area contributed by atoms with Crippen molar-refractivity contribution in [3.8, 4) is 42.3 Å². The Morgan fingerprint density at radius 3 is 1.13 bits per heavy atom. The molecule has 0 saturated carbocycles. The Balaban J connectivity index is 0.00000264. The fourth-order valence-electron chi connectivity index (χ4n) is 6.82. The van der Waals surface area contributed by atoms with Crippen molar-refractivity contribution in [3.05, 3.63) is 120 Å². The van der Waals surface area contributed by atoms with Crippen LogP contribution in [0.1, 0.15) is 11.1 Å². The molecule has 0 spiro atoms. The second kappa shape index (κ2) is 17.4. The minimum absolute atomic E-state index is 0. The molecule has 0 N–H and O–H groups in total. The summed E-state index contributed by atoms with van der Waals surface area (Å²) in [6, 6.07) is 33.5. The Bertz CT molecular complexity index is 3400. The number of aryl methyl sites for hydroxylation is 2. The molecule has 10 rings (SSSR count). The van der Waals surface area contributed by atoms with Crippen molar-refractivity contribution in [2.24, 2.45) is 10.2 Å². The Kier molecular flexibility index (Phi) is 12.6. The molecule has 6 aromatic carbocycles. The molecule has 4 heterocycles. The van der Waals surface area contributed by atoms with Gasteiger partial charge in [-0.15, -0.1) is 45.3 Å². The average Bonchev–Trinajstić information content (AvgIpc) is 4.03. The van der Waals surface area contributed by atoms with Gasteiger partial charge >= 0.3 is 59.1 Å². The molecule has 0 aliphatic carbocycles. The fraction of sp³-hybridized carbons (Fsp3) is 0.0476. The molecule has 4 aromatic heterocycles. The molecule has 0 unspecified atom stereocenters. The number of benzene rings is 6. The van der Waals surface area contributed by atoms with Crippen LogP contribution in [0, 0.1) is 13.8 Å². The summed E-state index contributed by atoms with van der Waals surface area (Å²) in [6.45, 7) is 3.21. The van der Waals surface area contributed by atoms with Gasteiger partial charge in [0.2, 0.25) is 0 Å². The van der Waals surface area contributed by atoms with E-state index in [0.717, 1.165) is 52.7 Å². The topological polar surface area (TPSA) is 191 Å². The second-order valence-electron chi connectivity index (χ2n) is 13.8. The van der Waals surface area contributed by atoms with E-state index in [1.54, 1.807) is 38.1 Å². The van der Waals surface area contributed by atoms with E-state index in [0.29, 0.717) is 53.0 Å². The first-order valence-electron chi connectivity index (χ1n) is 17.9. The van der Waals surface area contributed by atoms with E-state index in [-0.39, 0.29) is 68.9 Å². The summed E-state index contributed by atoms with van der Waals surface area (Å²) in [6.07, 6.45) is 0. The van der Waals surface area contributed by atoms with Gasteiger partial charge in [0.15, 0.2) is 0 Å². The van der Waals surface area contributed by atoms with E-state index in [1.165, 1.54) is 45.3 Å². The number of thiazole rings is 4. The summed E-state index contributed by atoms with van der Waals surface area (Å²) in [5, 5.41) is 11.8. The summed E-state index contributed by atoms with van der Waals surface area (Å²) < 4.78 is 74.6. The molecular weight excluding hydrogens is 923 g/mol. The van der Waals surface area contributed by atoms with E-state index in [4.69, 9.17) is 9.97 Å². The zero-order valence-corrected chi connectivity index (χ0v) is 41.9. The third kappa shape index (κ3) is 8.62. The van der Waals surface area contributed by atoms with Gasteiger partial charge in [0.05, 0.1) is 62.0 Å². The van der Waals surface area contributed by atoms with Crippen LogP contribution in [-0.4, -0.2) is 45.9 Å². The quantitative estimate of drug-likeness (QED) is 0.105. The van der Waals surface area contributed by atoms with E-state index in [1.807, 2.05) is 84.9 Å². The van der Waals surface area contributed by atoms with Crippen molar-refractivity contribution >= 4 is 118 Å². The van der Waals surface area contributed by atoms with E-state index < -0.39 is 20.2 Å². The summed E-state index contributed by atoms with van der Waals surface area (Å²) in [5.41, 5.74) is 8.18. The van der Waals surface area contributed by atoms with Gasteiger partial charge in [-0.25, -0.2) is 36.8 Å². The van der Waals surface area contributed by atoms with Crippen molar-refractivity contribution in [1.82, 2.24) is 19.9 Å². The van der Waals surface area contributed by atoms with Gasteiger partial charge in [-0.3, -0.25) is 0 Å². The van der Waals surface area contributed by atoms with Crippen LogP contribution in [0.3, 0.4) is 0 Å². The molecule has 0 atom stereocenters. The Hall–Kier alpha value is -3.70. The predicted molar refractivity (Wildman–Crippen MR) is 237 cm³/mol. The molecule has 0 aliphatic heterocycles. The number of azo groups is 1. The normalized spacial score (nSPS) is 12.1. The van der Waals surface area contributed by atoms with Crippen molar-refractivity contribution in [3.63, 3.8) is 0 Å². The first-order valence-corrected chi connectivity index (χ1v) is 24.0. The van der Waals surface area contributed by atoms with Crippen LogP contribution in [0.4, 0.5) is 11.4 Å². The molecule has 296 valence electrons. The minimum atomic E-state index is -4.66. The maximum Gasteiger partial charge on any atom is 1.00 e. The first kappa shape index (κ1) is 44.9. The number of nitrogens with zero attached hydrogens (tertiary/aromatic N) is 6. The van der Waals surface area contributed by atoms with Crippen molar-refractivity contribution in [2.75, 3.05) is 0 Å². The van der Waals surface area contributed by atoms with E-state index >= 15 is 0 Å². The van der Waals surface area contributed by atoms with Gasteiger partial charge in [0.25, 0.3) is 0 Å². The third-order valence-corrected chi connectivity index (χ3v) is 16.4. The molecule has 0 fully saturated rings. The molecule has 0 aliphatic rings. The Morgan fingerprint density at radius 2 is 0.758 bits per heavy atom. The maximum atomic E-state index is 12.0. The Labute approximate surface area is 414 Å². The van der Waals surface area contributed by atoms with E-state index in [2.05, 4.69) is 20.2 Å². The van der Waals surface area contributed by atoms with Crippen LogP contribution in [0.2, 0.25) is 0 Å². The minimum Gasteiger partial charge on any atom is -0.744 e. The molecule has 0 saturated heterocycles. The smallest absolute Gasteiger partial charge is 0.744 e. The first-order chi connectivity index (χ1) is 28.7. The number of rotatable bonds is 8. The fourth-order valence-corrected chi connectivity index (χ4v) is 13.4. The van der Waals surface area contributed by atoms with Crippen molar-refractivity contribution in [2.45, 2.75) is 23.6 Å². The number of fused-ring (bicyclic) bond motifs is 4. The number of hydrogen-bond acceptors (Lipinski definition) is 16. The predicted octanol–water partition coefficient (Wildman–Crippen LogP) is 5.64. The molecule has 20 heteroatoms. The zero-order chi connectivity index (χ0) is 41.5. The summed E-state index contributed by atoms with van der Waals surface area (Å²) in [7, 11) is -9.32. The molecular formula is C42H24N6Na2O6S6. The largest absolute Gasteiger partial charge is 1.00 e. The molecule has 10 aromatic rings. The Morgan fingerprint density at radius 1 is 0.435 bits per heavy atom. The van der Waals surface area contributed by atoms with Gasteiger partial charge in [0, 0.05) is 22.3 Å². The van der Waals surface area contributed by atoms with Crippen LogP contribution in [0.15, 0.2) is 129 Å². The summed E-state index contributed by atoms with van der Waals surface area (Å²) in [5.74, 6) is 0. The van der Waals surface area contributed by atoms with Crippen LogP contribution < -0.4 is 59.1 Å². The molecule has 0 radical (unpaired) electrons. The third-order valence-electron chi connectivity index (χ3n) is 9.70. The maximum absolute atomic E-state index is 12.0. The van der Waals surface area contributed by atoms with Crippen LogP contribution >= 0.6 is 45.3 Å². The molecule has 0 amide bonds. The van der Waals surface area contributed by atoms with Gasteiger partial charge in [-0.1, -0.05) is 12.1 Å². The summed E-state index contributed by atoms with van der Waals surface area (Å²) >= 11 is 5.43. The average molecular weight is 947 g/mol. The molecule has 0 bridgehead atoms. The van der Waals surface area contributed by atoms with Gasteiger partial charge in [0.1, 0.15) is 40.3 Å². The van der Waals surface area contributed by atoms with E-state index in [9.17, 15) is 25.9 Å². The van der Waals surface area contributed by atoms with Gasteiger partial charge in [-0.05, 0) is 122 Å². The van der Waals surface area contributed by atoms with Crippen LogP contribution in [0.5, 0.6) is 0 Å². The SMILES string of the molecule is Cc1ccc2nc(-c3ccc4nc(-c5ccc(N=Nc6ccc(-c7nc8ccc(-c9nc%10ccc(C)c(S(=O)(=O)[O-])c%10s9)cc8s7)cc6)cc5)sc4c3)sc2c1S(=O)(=O)[O-].[Na+].[Na+]. The van der Waals surface area contributed by atoms with Crippen molar-refractivity contribution < 1.29 is 85.1 Å². The monoisotopic (exact) mass is 946 g/mol. The van der Waals surface area contributed by atoms with Gasteiger partial charge in [-0.2, -0.15) is 10.2 Å². The second-order valence-corrected chi connectivity index (χ2v) is 20.5. The number of hydrogen-bond donors (Lipinski definition) is 0. The standard InChI is InChI=1S/C42H26N6O6S6.2Na/c1-21-3-15-31-35(37(21)59(49,50)51)57-41(45-31)25-9-17-29-33(19-25)55-39(43-29)23-5-11-27(12-6-23)47-48-28-13-7-24(8-14-28)40-44-30-18-10-26(20-34(30)56-40)42-46-32-16-4-22(2)38(36(32)58-42)60(52,53)54;;/h3-20H,1-2H3,(H,49,50,51)(H,52,53,54);;/q;2*+1/p-2. The number of aromatic nitrogens is 4. The zero-order valence-electron chi connectivity index (χ0n) is 33.0. The molecule has 62 heavy (non-hydrogen) atoms. The van der Waals surface area contributed by atoms with Crippen LogP contribution in [-0.2, 0) is 20.2 Å². The molecule has 12 nitrogen and oxygen atoms in total.